The minimum absolute atomic E-state index is 0.336. The van der Waals surface area contributed by atoms with Gasteiger partial charge in [-0.3, -0.25) is 4.98 Å². The van der Waals surface area contributed by atoms with E-state index in [9.17, 15) is 0 Å². The Morgan fingerprint density at radius 2 is 2.46 bits per heavy atom. The predicted octanol–water partition coefficient (Wildman–Crippen LogP) is 1.28. The summed E-state index contributed by atoms with van der Waals surface area (Å²) in [5.41, 5.74) is 7.84. The van der Waals surface area contributed by atoms with Crippen molar-refractivity contribution in [3.8, 4) is 0 Å². The zero-order chi connectivity index (χ0) is 9.26. The summed E-state index contributed by atoms with van der Waals surface area (Å²) in [7, 11) is 0. The van der Waals surface area contributed by atoms with E-state index < -0.39 is 0 Å². The molecule has 1 aromatic rings. The predicted molar refractivity (Wildman–Crippen MR) is 54.7 cm³/mol. The third-order valence-electron chi connectivity index (χ3n) is 2.48. The van der Waals surface area contributed by atoms with Crippen LogP contribution in [0.15, 0.2) is 11.7 Å². The van der Waals surface area contributed by atoms with Crippen molar-refractivity contribution >= 4 is 11.3 Å². The van der Waals surface area contributed by atoms with Crippen LogP contribution in [0.5, 0.6) is 0 Å². The number of nitrogens with two attached hydrogens (primary N) is 1. The second kappa shape index (κ2) is 3.74. The first-order valence-corrected chi connectivity index (χ1v) is 5.53. The number of hydrogen-bond acceptors (Lipinski definition) is 4. The van der Waals surface area contributed by atoms with Gasteiger partial charge < -0.3 is 11.1 Å². The van der Waals surface area contributed by atoms with Crippen molar-refractivity contribution in [2.75, 3.05) is 0 Å². The Bertz CT molecular complexity index is 250. The lowest BCUT2D eigenvalue weighted by Gasteiger charge is -2.32. The maximum Gasteiger partial charge on any atom is 0.0794 e. The molecule has 0 unspecified atom stereocenters. The molecule has 1 saturated heterocycles. The zero-order valence-electron chi connectivity index (χ0n) is 7.73. The van der Waals surface area contributed by atoms with Crippen LogP contribution in [0, 0.1) is 0 Å². The van der Waals surface area contributed by atoms with Crippen LogP contribution in [0.2, 0.25) is 0 Å². The molecule has 1 aliphatic heterocycles. The lowest BCUT2D eigenvalue weighted by Crippen LogP contribution is -2.43. The molecule has 0 saturated carbocycles. The normalized spacial score (nSPS) is 34.8. The Hall–Kier alpha value is -0.450. The highest BCUT2D eigenvalue weighted by atomic mass is 32.1. The smallest absolute Gasteiger partial charge is 0.0794 e. The van der Waals surface area contributed by atoms with Gasteiger partial charge in [-0.25, -0.2) is 0 Å². The zero-order valence-corrected chi connectivity index (χ0v) is 8.55. The third-order valence-corrected chi connectivity index (χ3v) is 3.36. The van der Waals surface area contributed by atoms with Crippen molar-refractivity contribution in [3.05, 3.63) is 16.6 Å². The Labute approximate surface area is 82.4 Å². The molecule has 13 heavy (non-hydrogen) atoms. The lowest BCUT2D eigenvalue weighted by atomic mass is 9.95. The van der Waals surface area contributed by atoms with E-state index in [2.05, 4.69) is 17.2 Å². The summed E-state index contributed by atoms with van der Waals surface area (Å²) in [6, 6.07) is 1.28. The summed E-state index contributed by atoms with van der Waals surface area (Å²) < 4.78 is 0. The van der Waals surface area contributed by atoms with Crippen LogP contribution in [0.1, 0.15) is 30.7 Å². The average molecular weight is 197 g/mol. The minimum Gasteiger partial charge on any atom is -0.328 e. The van der Waals surface area contributed by atoms with Crippen molar-refractivity contribution < 1.29 is 0 Å². The van der Waals surface area contributed by atoms with E-state index in [0.29, 0.717) is 18.1 Å². The van der Waals surface area contributed by atoms with E-state index in [1.54, 1.807) is 11.3 Å². The van der Waals surface area contributed by atoms with Gasteiger partial charge in [0, 0.05) is 29.2 Å². The average Bonchev–Trinajstić information content (AvgIpc) is 2.53. The fourth-order valence-corrected chi connectivity index (χ4v) is 2.62. The monoisotopic (exact) mass is 197 g/mol. The molecule has 3 N–H and O–H groups in total. The number of piperidine rings is 1. The van der Waals surface area contributed by atoms with Gasteiger partial charge in [-0.05, 0) is 19.8 Å². The number of nitrogens with zero attached hydrogens (tertiary/aromatic N) is 1. The van der Waals surface area contributed by atoms with Crippen LogP contribution in [0.4, 0.5) is 0 Å². The van der Waals surface area contributed by atoms with E-state index in [-0.39, 0.29) is 0 Å². The van der Waals surface area contributed by atoms with E-state index in [1.165, 1.54) is 4.88 Å². The van der Waals surface area contributed by atoms with Crippen molar-refractivity contribution in [1.29, 1.82) is 0 Å². The van der Waals surface area contributed by atoms with Crippen LogP contribution in [0.25, 0.3) is 0 Å². The van der Waals surface area contributed by atoms with Crippen LogP contribution in [-0.4, -0.2) is 17.1 Å². The maximum absolute atomic E-state index is 5.97. The Kier molecular flexibility index (Phi) is 2.62. The molecule has 2 heterocycles. The quantitative estimate of drug-likeness (QED) is 0.713. The third kappa shape index (κ3) is 2.07. The molecule has 0 amide bonds. The van der Waals surface area contributed by atoms with Gasteiger partial charge >= 0.3 is 0 Å². The second-order valence-electron chi connectivity index (χ2n) is 3.76. The molecule has 1 aromatic heterocycles. The molecule has 0 bridgehead atoms. The molecule has 4 heteroatoms. The van der Waals surface area contributed by atoms with E-state index in [0.717, 1.165) is 12.8 Å². The first kappa shape index (κ1) is 9.12. The maximum atomic E-state index is 5.97. The number of rotatable bonds is 1. The fraction of sp³-hybridized carbons (Fsp3) is 0.667. The van der Waals surface area contributed by atoms with Gasteiger partial charge in [-0.15, -0.1) is 11.3 Å². The molecule has 0 radical (unpaired) electrons. The van der Waals surface area contributed by atoms with Gasteiger partial charge in [0.25, 0.3) is 0 Å². The molecule has 72 valence electrons. The summed E-state index contributed by atoms with van der Waals surface area (Å²) in [5, 5.41) is 3.54. The number of thiazole rings is 1. The largest absolute Gasteiger partial charge is 0.328 e. The van der Waals surface area contributed by atoms with E-state index in [4.69, 9.17) is 5.73 Å². The number of hydrogen-bond donors (Lipinski definition) is 2. The van der Waals surface area contributed by atoms with Gasteiger partial charge in [0.15, 0.2) is 0 Å². The van der Waals surface area contributed by atoms with Crippen molar-refractivity contribution in [3.63, 3.8) is 0 Å². The van der Waals surface area contributed by atoms with Crippen molar-refractivity contribution in [1.82, 2.24) is 10.3 Å². The summed E-state index contributed by atoms with van der Waals surface area (Å²) in [6.07, 6.45) is 4.05. The molecule has 2 rings (SSSR count). The summed E-state index contributed by atoms with van der Waals surface area (Å²) in [4.78, 5) is 5.39. The molecule has 3 atom stereocenters. The van der Waals surface area contributed by atoms with Gasteiger partial charge in [0.05, 0.1) is 5.51 Å². The van der Waals surface area contributed by atoms with E-state index in [1.807, 2.05) is 11.7 Å². The minimum atomic E-state index is 0.336. The van der Waals surface area contributed by atoms with Gasteiger partial charge in [-0.1, -0.05) is 0 Å². The van der Waals surface area contributed by atoms with Crippen LogP contribution in [-0.2, 0) is 0 Å². The summed E-state index contributed by atoms with van der Waals surface area (Å²) >= 11 is 1.70. The SMILES string of the molecule is C[C@H]1C[C@H](N)C[C@@H](c2cncs2)N1. The number of aromatic nitrogens is 1. The molecule has 0 spiro atoms. The van der Waals surface area contributed by atoms with Crippen molar-refractivity contribution in [2.45, 2.75) is 37.9 Å². The van der Waals surface area contributed by atoms with Crippen LogP contribution in [0.3, 0.4) is 0 Å². The van der Waals surface area contributed by atoms with E-state index >= 15 is 0 Å². The van der Waals surface area contributed by atoms with Gasteiger partial charge in [0.1, 0.15) is 0 Å². The molecule has 3 nitrogen and oxygen atoms in total. The first-order valence-electron chi connectivity index (χ1n) is 4.65. The molecule has 0 aromatic carbocycles. The summed E-state index contributed by atoms with van der Waals surface area (Å²) in [5.74, 6) is 0. The Morgan fingerprint density at radius 1 is 1.62 bits per heavy atom. The first-order chi connectivity index (χ1) is 6.25. The molecule has 0 aliphatic carbocycles. The Morgan fingerprint density at radius 3 is 3.08 bits per heavy atom. The van der Waals surface area contributed by atoms with Gasteiger partial charge in [-0.2, -0.15) is 0 Å². The molecule has 1 fully saturated rings. The molecular weight excluding hydrogens is 182 g/mol. The van der Waals surface area contributed by atoms with Crippen molar-refractivity contribution in [2.24, 2.45) is 5.73 Å². The Balaban J connectivity index is 2.07. The fourth-order valence-electron chi connectivity index (χ4n) is 1.93. The highest BCUT2D eigenvalue weighted by molar-refractivity contribution is 7.09. The highest BCUT2D eigenvalue weighted by Crippen LogP contribution is 2.26. The van der Waals surface area contributed by atoms with Gasteiger partial charge in [0.2, 0.25) is 0 Å². The van der Waals surface area contributed by atoms with Crippen LogP contribution >= 0.6 is 11.3 Å². The second-order valence-corrected chi connectivity index (χ2v) is 4.67. The summed E-state index contributed by atoms with van der Waals surface area (Å²) in [6.45, 7) is 2.19. The topological polar surface area (TPSA) is 50.9 Å². The standard InChI is InChI=1S/C9H15N3S/c1-6-2-7(10)3-8(12-6)9-4-11-5-13-9/h4-8,12H,2-3,10H2,1H3/t6-,7-,8-/m0/s1. The number of nitrogens with one attached hydrogen (secondary N) is 1. The van der Waals surface area contributed by atoms with Crippen LogP contribution < -0.4 is 11.1 Å². The molecule has 1 aliphatic rings. The lowest BCUT2D eigenvalue weighted by molar-refractivity contribution is 0.310. The molecular formula is C9H15N3S. The highest BCUT2D eigenvalue weighted by Gasteiger charge is 2.25.